The Hall–Kier alpha value is -2.81. The van der Waals surface area contributed by atoms with E-state index in [0.29, 0.717) is 11.4 Å². The average Bonchev–Trinajstić information content (AvgIpc) is 2.72. The van der Waals surface area contributed by atoms with Crippen LogP contribution in [0.25, 0.3) is 0 Å². The first-order valence-corrected chi connectivity index (χ1v) is 6.17. The van der Waals surface area contributed by atoms with Crippen molar-refractivity contribution in [3.05, 3.63) is 29.8 Å². The van der Waals surface area contributed by atoms with Crippen molar-refractivity contribution in [2.45, 2.75) is 6.92 Å². The molecule has 0 aromatic heterocycles. The number of nitrogens with two attached hydrogens (primary N) is 1. The third-order valence-electron chi connectivity index (χ3n) is 2.60. The number of hydrazone groups is 2. The lowest BCUT2D eigenvalue weighted by Gasteiger charge is -2.07. The second kappa shape index (κ2) is 5.67. The second-order valence-electron chi connectivity index (χ2n) is 4.10. The Labute approximate surface area is 124 Å². The largest absolute Gasteiger partial charge is 0.478 e. The molecule has 8 nitrogen and oxygen atoms in total. The Bertz CT molecular complexity index is 698. The minimum absolute atomic E-state index is 0.0588. The number of carbonyl (C=O) groups is 2. The first-order valence-electron chi connectivity index (χ1n) is 5.76. The summed E-state index contributed by atoms with van der Waals surface area (Å²) in [7, 11) is 0. The minimum Gasteiger partial charge on any atom is -0.478 e. The molecule has 0 unspecified atom stereocenters. The van der Waals surface area contributed by atoms with Crippen molar-refractivity contribution in [1.82, 2.24) is 5.01 Å². The number of carboxylic acid groups (broad SMARTS) is 1. The van der Waals surface area contributed by atoms with Crippen molar-refractivity contribution < 1.29 is 14.7 Å². The number of amides is 1. The molecule has 0 spiro atoms. The monoisotopic (exact) mass is 305 g/mol. The van der Waals surface area contributed by atoms with E-state index in [9.17, 15) is 9.59 Å². The number of anilines is 1. The van der Waals surface area contributed by atoms with Crippen LogP contribution in [0.1, 0.15) is 17.3 Å². The molecule has 0 radical (unpaired) electrons. The van der Waals surface area contributed by atoms with Gasteiger partial charge >= 0.3 is 11.9 Å². The van der Waals surface area contributed by atoms with E-state index in [1.165, 1.54) is 12.1 Å². The van der Waals surface area contributed by atoms with E-state index in [2.05, 4.69) is 15.6 Å². The third kappa shape index (κ3) is 3.03. The maximum atomic E-state index is 11.9. The Balaban J connectivity index is 2.21. The van der Waals surface area contributed by atoms with E-state index < -0.39 is 11.9 Å². The van der Waals surface area contributed by atoms with Crippen molar-refractivity contribution in [1.29, 1.82) is 0 Å². The number of hydrogen-bond acceptors (Lipinski definition) is 6. The van der Waals surface area contributed by atoms with E-state index in [1.54, 1.807) is 19.1 Å². The molecule has 0 saturated carbocycles. The van der Waals surface area contributed by atoms with Crippen LogP contribution in [0.15, 0.2) is 34.5 Å². The van der Waals surface area contributed by atoms with Crippen LogP contribution in [0.3, 0.4) is 0 Å². The Morgan fingerprint density at radius 2 is 2.24 bits per heavy atom. The van der Waals surface area contributed by atoms with Crippen molar-refractivity contribution in [2.24, 2.45) is 15.9 Å². The lowest BCUT2D eigenvalue weighted by atomic mass is 10.2. The van der Waals surface area contributed by atoms with Gasteiger partial charge in [-0.05, 0) is 37.3 Å². The summed E-state index contributed by atoms with van der Waals surface area (Å²) in [6.07, 6.45) is 0. The molecule has 4 N–H and O–H groups in total. The van der Waals surface area contributed by atoms with Crippen LogP contribution in [0.4, 0.5) is 5.69 Å². The highest BCUT2D eigenvalue weighted by Crippen LogP contribution is 2.12. The van der Waals surface area contributed by atoms with E-state index in [0.717, 1.165) is 5.01 Å². The maximum absolute atomic E-state index is 11.9. The SMILES string of the molecule is CC1=NN(C(N)=S)C(=O)C1=NNc1cccc(C(=O)O)c1. The number of rotatable bonds is 3. The first kappa shape index (κ1) is 14.6. The standard InChI is InChI=1S/C12H11N5O3S/c1-6-9(10(18)17(16-6)12(13)21)15-14-8-4-2-3-7(5-8)11(19)20/h2-5,14H,1H3,(H2,13,21)(H,19,20). The summed E-state index contributed by atoms with van der Waals surface area (Å²) < 4.78 is 0. The molecule has 21 heavy (non-hydrogen) atoms. The van der Waals surface area contributed by atoms with Gasteiger partial charge in [-0.15, -0.1) is 0 Å². The fourth-order valence-electron chi connectivity index (χ4n) is 1.62. The molecule has 0 fully saturated rings. The lowest BCUT2D eigenvalue weighted by molar-refractivity contribution is -0.119. The number of carboxylic acids is 1. The molecule has 2 rings (SSSR count). The van der Waals surface area contributed by atoms with Gasteiger partial charge < -0.3 is 10.8 Å². The molecule has 1 aromatic carbocycles. The third-order valence-corrected chi connectivity index (χ3v) is 2.78. The maximum Gasteiger partial charge on any atom is 0.335 e. The summed E-state index contributed by atoms with van der Waals surface area (Å²) in [5, 5.41) is 17.4. The molecular formula is C12H11N5O3S. The van der Waals surface area contributed by atoms with Gasteiger partial charge in [-0.2, -0.15) is 15.2 Å². The molecule has 9 heteroatoms. The summed E-state index contributed by atoms with van der Waals surface area (Å²) in [5.74, 6) is -1.59. The first-order chi connectivity index (χ1) is 9.90. The van der Waals surface area contributed by atoms with Crippen molar-refractivity contribution in [3.63, 3.8) is 0 Å². The number of thiocarbonyl (C=S) groups is 1. The van der Waals surface area contributed by atoms with Gasteiger partial charge in [0.05, 0.1) is 17.0 Å². The highest BCUT2D eigenvalue weighted by atomic mass is 32.1. The number of nitrogens with zero attached hydrogens (tertiary/aromatic N) is 3. The van der Waals surface area contributed by atoms with Crippen molar-refractivity contribution in [3.8, 4) is 0 Å². The lowest BCUT2D eigenvalue weighted by Crippen LogP contribution is -2.36. The predicted octanol–water partition coefficient (Wildman–Crippen LogP) is 0.614. The van der Waals surface area contributed by atoms with Gasteiger partial charge in [-0.1, -0.05) is 6.07 Å². The highest BCUT2D eigenvalue weighted by molar-refractivity contribution is 7.80. The van der Waals surface area contributed by atoms with Crippen LogP contribution in [-0.2, 0) is 4.79 Å². The fraction of sp³-hybridized carbons (Fsp3) is 0.0833. The molecule has 1 amide bonds. The normalized spacial score (nSPS) is 16.0. The zero-order valence-electron chi connectivity index (χ0n) is 10.9. The summed E-state index contributed by atoms with van der Waals surface area (Å²) in [4.78, 5) is 22.8. The van der Waals surface area contributed by atoms with Gasteiger partial charge in [0.25, 0.3) is 0 Å². The van der Waals surface area contributed by atoms with Gasteiger partial charge in [0.2, 0.25) is 0 Å². The molecular weight excluding hydrogens is 294 g/mol. The molecule has 1 aliphatic rings. The molecule has 0 atom stereocenters. The molecule has 108 valence electrons. The number of hydrogen-bond donors (Lipinski definition) is 3. The van der Waals surface area contributed by atoms with Crippen LogP contribution >= 0.6 is 12.2 Å². The van der Waals surface area contributed by atoms with Gasteiger partial charge in [-0.3, -0.25) is 10.2 Å². The Kier molecular flexibility index (Phi) is 3.94. The van der Waals surface area contributed by atoms with Gasteiger partial charge in [-0.25, -0.2) is 4.79 Å². The van der Waals surface area contributed by atoms with Crippen LogP contribution in [-0.4, -0.2) is 38.5 Å². The van der Waals surface area contributed by atoms with Gasteiger partial charge in [0.15, 0.2) is 10.8 Å². The van der Waals surface area contributed by atoms with Gasteiger partial charge in [0, 0.05) is 0 Å². The molecule has 0 bridgehead atoms. The molecule has 1 aromatic rings. The number of nitrogens with one attached hydrogen (secondary N) is 1. The molecule has 1 aliphatic heterocycles. The summed E-state index contributed by atoms with van der Waals surface area (Å²) in [6.45, 7) is 1.59. The van der Waals surface area contributed by atoms with Crippen LogP contribution in [0.5, 0.6) is 0 Å². The number of benzene rings is 1. The van der Waals surface area contributed by atoms with Crippen LogP contribution < -0.4 is 11.2 Å². The predicted molar refractivity (Wildman–Crippen MR) is 81.2 cm³/mol. The van der Waals surface area contributed by atoms with Gasteiger partial charge in [0.1, 0.15) is 0 Å². The smallest absolute Gasteiger partial charge is 0.335 e. The Morgan fingerprint density at radius 1 is 1.52 bits per heavy atom. The summed E-state index contributed by atoms with van der Waals surface area (Å²) >= 11 is 4.70. The zero-order valence-corrected chi connectivity index (χ0v) is 11.7. The van der Waals surface area contributed by atoms with Crippen LogP contribution in [0.2, 0.25) is 0 Å². The minimum atomic E-state index is -1.05. The quantitative estimate of drug-likeness (QED) is 0.556. The number of carbonyl (C=O) groups excluding carboxylic acids is 1. The van der Waals surface area contributed by atoms with E-state index in [4.69, 9.17) is 23.1 Å². The Morgan fingerprint density at radius 3 is 2.81 bits per heavy atom. The zero-order chi connectivity index (χ0) is 15.6. The number of aromatic carboxylic acids is 1. The topological polar surface area (TPSA) is 120 Å². The van der Waals surface area contributed by atoms with Crippen LogP contribution in [0, 0.1) is 0 Å². The molecule has 0 saturated heterocycles. The highest BCUT2D eigenvalue weighted by Gasteiger charge is 2.31. The van der Waals surface area contributed by atoms with E-state index in [1.807, 2.05) is 0 Å². The summed E-state index contributed by atoms with van der Waals surface area (Å²) in [6, 6.07) is 6.02. The molecule has 1 heterocycles. The second-order valence-corrected chi connectivity index (χ2v) is 4.52. The van der Waals surface area contributed by atoms with E-state index in [-0.39, 0.29) is 16.4 Å². The van der Waals surface area contributed by atoms with Crippen molar-refractivity contribution in [2.75, 3.05) is 5.43 Å². The van der Waals surface area contributed by atoms with Crippen molar-refractivity contribution >= 4 is 46.3 Å². The summed E-state index contributed by atoms with van der Waals surface area (Å²) in [5.41, 5.74) is 8.92. The molecule has 0 aliphatic carbocycles. The fourth-order valence-corrected chi connectivity index (χ4v) is 1.74. The van der Waals surface area contributed by atoms with E-state index >= 15 is 0 Å². The average molecular weight is 305 g/mol.